The summed E-state index contributed by atoms with van der Waals surface area (Å²) in [7, 11) is 0. The van der Waals surface area contributed by atoms with E-state index in [1.807, 2.05) is 6.92 Å². The third kappa shape index (κ3) is 3.96. The van der Waals surface area contributed by atoms with Gasteiger partial charge in [-0.2, -0.15) is 0 Å². The van der Waals surface area contributed by atoms with Crippen LogP contribution in [0.1, 0.15) is 21.2 Å². The molecule has 0 radical (unpaired) electrons. The molecule has 23 heavy (non-hydrogen) atoms. The Kier molecular flexibility index (Phi) is 4.73. The highest BCUT2D eigenvalue weighted by molar-refractivity contribution is 9.11. The lowest BCUT2D eigenvalue weighted by atomic mass is 10.2. The lowest BCUT2D eigenvalue weighted by molar-refractivity contribution is 0.0988. The van der Waals surface area contributed by atoms with E-state index >= 15 is 0 Å². The number of nitrogens with zero attached hydrogens (tertiary/aromatic N) is 4. The highest BCUT2D eigenvalue weighted by Crippen LogP contribution is 2.25. The van der Waals surface area contributed by atoms with Crippen LogP contribution in [0.5, 0.6) is 11.5 Å². The van der Waals surface area contributed by atoms with Crippen LogP contribution in [0.25, 0.3) is 0 Å². The van der Waals surface area contributed by atoms with Crippen molar-refractivity contribution in [3.8, 4) is 11.5 Å². The zero-order valence-electron chi connectivity index (χ0n) is 12.1. The van der Waals surface area contributed by atoms with Crippen LogP contribution in [-0.2, 0) is 6.42 Å². The molecule has 0 saturated heterocycles. The number of aryl methyl sites for hydroxylation is 1. The first kappa shape index (κ1) is 15.7. The Morgan fingerprint density at radius 1 is 1.30 bits per heavy atom. The number of rotatable bonds is 5. The summed E-state index contributed by atoms with van der Waals surface area (Å²) in [6, 6.07) is 3.28. The van der Waals surface area contributed by atoms with Gasteiger partial charge in [0.25, 0.3) is 0 Å². The fourth-order valence-corrected chi connectivity index (χ4v) is 3.27. The molecule has 116 valence electrons. The molecular formula is C15H11BrN4O2S. The van der Waals surface area contributed by atoms with Crippen molar-refractivity contribution in [2.24, 2.45) is 0 Å². The Morgan fingerprint density at radius 2 is 2.09 bits per heavy atom. The summed E-state index contributed by atoms with van der Waals surface area (Å²) < 4.78 is 6.54. The number of carbonyl (C=O) groups is 1. The van der Waals surface area contributed by atoms with Crippen molar-refractivity contribution in [1.29, 1.82) is 0 Å². The van der Waals surface area contributed by atoms with Gasteiger partial charge in [0.1, 0.15) is 22.8 Å². The quantitative estimate of drug-likeness (QED) is 0.619. The Morgan fingerprint density at radius 3 is 2.78 bits per heavy atom. The second-order valence-electron chi connectivity index (χ2n) is 4.62. The van der Waals surface area contributed by atoms with E-state index in [4.69, 9.17) is 4.74 Å². The van der Waals surface area contributed by atoms with E-state index < -0.39 is 0 Å². The molecule has 6 nitrogen and oxygen atoms in total. The van der Waals surface area contributed by atoms with Gasteiger partial charge in [0.2, 0.25) is 0 Å². The van der Waals surface area contributed by atoms with Gasteiger partial charge in [-0.3, -0.25) is 9.78 Å². The summed E-state index contributed by atoms with van der Waals surface area (Å²) in [5.41, 5.74) is 1.22. The molecule has 0 N–H and O–H groups in total. The lowest BCUT2D eigenvalue weighted by Crippen LogP contribution is -2.06. The number of hydrogen-bond acceptors (Lipinski definition) is 7. The molecular weight excluding hydrogens is 380 g/mol. The van der Waals surface area contributed by atoms with Crippen molar-refractivity contribution in [2.75, 3.05) is 0 Å². The number of pyridine rings is 1. The number of halogens is 1. The maximum absolute atomic E-state index is 12.3. The third-order valence-corrected chi connectivity index (χ3v) is 4.89. The fourth-order valence-electron chi connectivity index (χ4n) is 1.84. The zero-order valence-corrected chi connectivity index (χ0v) is 14.5. The van der Waals surface area contributed by atoms with Crippen LogP contribution in [0.4, 0.5) is 0 Å². The van der Waals surface area contributed by atoms with Crippen LogP contribution >= 0.6 is 27.3 Å². The number of hydrogen-bond donors (Lipinski definition) is 0. The monoisotopic (exact) mass is 390 g/mol. The summed E-state index contributed by atoms with van der Waals surface area (Å²) in [6.07, 6.45) is 6.26. The minimum absolute atomic E-state index is 0.110. The van der Waals surface area contributed by atoms with E-state index in [-0.39, 0.29) is 12.2 Å². The zero-order chi connectivity index (χ0) is 16.2. The van der Waals surface area contributed by atoms with Gasteiger partial charge in [0.05, 0.1) is 28.3 Å². The van der Waals surface area contributed by atoms with E-state index in [0.717, 1.165) is 14.5 Å². The number of aromatic nitrogens is 4. The number of thiazole rings is 1. The van der Waals surface area contributed by atoms with Crippen molar-refractivity contribution in [1.82, 2.24) is 19.9 Å². The molecule has 0 aromatic carbocycles. The predicted molar refractivity (Wildman–Crippen MR) is 88.9 cm³/mol. The van der Waals surface area contributed by atoms with E-state index in [0.29, 0.717) is 17.2 Å². The first-order valence-electron chi connectivity index (χ1n) is 6.66. The van der Waals surface area contributed by atoms with Gasteiger partial charge in [0, 0.05) is 12.3 Å². The Labute approximate surface area is 144 Å². The van der Waals surface area contributed by atoms with Crippen molar-refractivity contribution in [3.05, 3.63) is 57.2 Å². The molecule has 3 rings (SSSR count). The first-order valence-corrected chi connectivity index (χ1v) is 8.26. The first-order chi connectivity index (χ1) is 11.1. The minimum Gasteiger partial charge on any atom is -0.454 e. The summed E-state index contributed by atoms with van der Waals surface area (Å²) in [4.78, 5) is 28.5. The molecule has 0 aliphatic carbocycles. The molecule has 0 bridgehead atoms. The molecule has 0 amide bonds. The molecule has 3 aromatic heterocycles. The average Bonchev–Trinajstić information content (AvgIpc) is 2.86. The average molecular weight is 391 g/mol. The highest BCUT2D eigenvalue weighted by Gasteiger charge is 2.14. The van der Waals surface area contributed by atoms with Gasteiger partial charge in [-0.25, -0.2) is 15.0 Å². The summed E-state index contributed by atoms with van der Waals surface area (Å²) in [6.45, 7) is 1.89. The molecule has 0 saturated carbocycles. The van der Waals surface area contributed by atoms with Crippen LogP contribution in [0, 0.1) is 6.92 Å². The lowest BCUT2D eigenvalue weighted by Gasteiger charge is -2.05. The minimum atomic E-state index is -0.110. The predicted octanol–water partition coefficient (Wildman–Crippen LogP) is 3.62. The van der Waals surface area contributed by atoms with Crippen LogP contribution in [0.3, 0.4) is 0 Å². The summed E-state index contributed by atoms with van der Waals surface area (Å²) >= 11 is 4.86. The van der Waals surface area contributed by atoms with E-state index in [2.05, 4.69) is 35.9 Å². The Balaban J connectivity index is 1.75. The largest absolute Gasteiger partial charge is 0.454 e. The second kappa shape index (κ2) is 6.93. The topological polar surface area (TPSA) is 77.9 Å². The molecule has 8 heteroatoms. The smallest absolute Gasteiger partial charge is 0.188 e. The van der Waals surface area contributed by atoms with Crippen molar-refractivity contribution in [3.63, 3.8) is 0 Å². The van der Waals surface area contributed by atoms with E-state index in [1.165, 1.54) is 23.9 Å². The standard InChI is InChI=1S/C15H11BrN4O2S/c1-9-15(16)23-14(20-9)5-13(21)12-4-10(2-3-19-12)22-11-6-17-8-18-7-11/h2-4,6-8H,5H2,1H3. The van der Waals surface area contributed by atoms with Gasteiger partial charge >= 0.3 is 0 Å². The molecule has 3 aromatic rings. The molecule has 3 heterocycles. The molecule has 0 aliphatic heterocycles. The highest BCUT2D eigenvalue weighted by atomic mass is 79.9. The summed E-state index contributed by atoms with van der Waals surface area (Å²) in [5, 5.41) is 0.754. The van der Waals surface area contributed by atoms with Crippen LogP contribution in [0.2, 0.25) is 0 Å². The van der Waals surface area contributed by atoms with Crippen LogP contribution in [0.15, 0.2) is 40.8 Å². The van der Waals surface area contributed by atoms with Crippen molar-refractivity contribution >= 4 is 33.0 Å². The third-order valence-electron chi connectivity index (χ3n) is 2.89. The molecule has 0 unspecified atom stereocenters. The van der Waals surface area contributed by atoms with Gasteiger partial charge in [-0.15, -0.1) is 11.3 Å². The normalized spacial score (nSPS) is 10.5. The maximum Gasteiger partial charge on any atom is 0.188 e. The Bertz CT molecular complexity index is 819. The number of ether oxygens (including phenoxy) is 1. The molecule has 0 atom stereocenters. The number of ketones is 1. The fraction of sp³-hybridized carbons (Fsp3) is 0.133. The van der Waals surface area contributed by atoms with Crippen molar-refractivity contribution < 1.29 is 9.53 Å². The van der Waals surface area contributed by atoms with Crippen LogP contribution < -0.4 is 4.74 Å². The maximum atomic E-state index is 12.3. The molecule has 0 aliphatic rings. The van der Waals surface area contributed by atoms with Gasteiger partial charge < -0.3 is 4.74 Å². The number of Topliss-reactive ketones (excluding diaryl/α,β-unsaturated/α-hetero) is 1. The number of carbonyl (C=O) groups excluding carboxylic acids is 1. The van der Waals surface area contributed by atoms with Crippen molar-refractivity contribution in [2.45, 2.75) is 13.3 Å². The van der Waals surface area contributed by atoms with E-state index in [9.17, 15) is 4.79 Å². The SMILES string of the molecule is Cc1nc(CC(=O)c2cc(Oc3cncnc3)ccn2)sc1Br. The van der Waals surface area contributed by atoms with Gasteiger partial charge in [-0.1, -0.05) is 0 Å². The Hall–Kier alpha value is -2.19. The van der Waals surface area contributed by atoms with Gasteiger partial charge in [-0.05, 0) is 28.9 Å². The van der Waals surface area contributed by atoms with Crippen LogP contribution in [-0.4, -0.2) is 25.7 Å². The molecule has 0 fully saturated rings. The summed E-state index contributed by atoms with van der Waals surface area (Å²) in [5.74, 6) is 0.896. The van der Waals surface area contributed by atoms with Gasteiger partial charge in [0.15, 0.2) is 11.5 Å². The molecule has 0 spiro atoms. The van der Waals surface area contributed by atoms with E-state index in [1.54, 1.807) is 24.5 Å². The second-order valence-corrected chi connectivity index (χ2v) is 7.02.